The molecule has 3 aromatic carbocycles. The molecular formula is C29H27NS. The highest BCUT2D eigenvalue weighted by Gasteiger charge is 2.14. The zero-order valence-electron chi connectivity index (χ0n) is 22.9. The summed E-state index contributed by atoms with van der Waals surface area (Å²) in [7, 11) is 0. The minimum atomic E-state index is -2.27. The Morgan fingerprint density at radius 3 is 2.52 bits per heavy atom. The molecule has 0 N–H and O–H groups in total. The van der Waals surface area contributed by atoms with Gasteiger partial charge in [-0.05, 0) is 65.2 Å². The molecule has 0 saturated heterocycles. The van der Waals surface area contributed by atoms with Crippen LogP contribution in [0.3, 0.4) is 0 Å². The molecule has 0 aliphatic rings. The molecule has 2 aromatic heterocycles. The summed E-state index contributed by atoms with van der Waals surface area (Å²) in [5, 5.41) is 1.68. The largest absolute Gasteiger partial charge is 0.256 e. The molecule has 154 valence electrons. The van der Waals surface area contributed by atoms with E-state index in [4.69, 9.17) is 6.85 Å². The Bertz CT molecular complexity index is 1580. The van der Waals surface area contributed by atoms with Gasteiger partial charge in [-0.1, -0.05) is 69.3 Å². The SMILES string of the molecule is [2H]C([2H])([2H])c1c(-c2ccccc2)ccc2sc3cc(-c4cc(C([2H])([2H])C(C)(C)C)ccn4)ccc3c12. The fraction of sp³-hybridized carbons (Fsp3) is 0.207. The molecule has 0 radical (unpaired) electrons. The van der Waals surface area contributed by atoms with E-state index in [2.05, 4.69) is 4.98 Å². The molecule has 0 unspecified atom stereocenters. The van der Waals surface area contributed by atoms with Crippen LogP contribution in [0.5, 0.6) is 0 Å². The van der Waals surface area contributed by atoms with E-state index in [0.29, 0.717) is 16.8 Å². The molecule has 0 spiro atoms. The highest BCUT2D eigenvalue weighted by Crippen LogP contribution is 2.41. The first-order valence-electron chi connectivity index (χ1n) is 12.9. The van der Waals surface area contributed by atoms with E-state index >= 15 is 0 Å². The van der Waals surface area contributed by atoms with Crippen LogP contribution >= 0.6 is 11.3 Å². The van der Waals surface area contributed by atoms with Crippen LogP contribution in [0.25, 0.3) is 42.6 Å². The summed E-state index contributed by atoms with van der Waals surface area (Å²) in [6.07, 6.45) is 0.136. The molecule has 2 heterocycles. The molecule has 0 aliphatic heterocycles. The molecule has 0 aliphatic carbocycles. The van der Waals surface area contributed by atoms with Crippen LogP contribution in [0.1, 0.15) is 38.8 Å². The lowest BCUT2D eigenvalue weighted by molar-refractivity contribution is 0.411. The first-order chi connectivity index (χ1) is 16.9. The molecule has 1 nitrogen and oxygen atoms in total. The molecule has 0 saturated carbocycles. The highest BCUT2D eigenvalue weighted by molar-refractivity contribution is 7.25. The smallest absolute Gasteiger partial charge is 0.0705 e. The lowest BCUT2D eigenvalue weighted by Gasteiger charge is -2.18. The van der Waals surface area contributed by atoms with Crippen molar-refractivity contribution in [3.05, 3.63) is 90.1 Å². The monoisotopic (exact) mass is 426 g/mol. The maximum atomic E-state index is 8.64. The van der Waals surface area contributed by atoms with Gasteiger partial charge >= 0.3 is 0 Å². The molecule has 2 heteroatoms. The predicted molar refractivity (Wildman–Crippen MR) is 136 cm³/mol. The van der Waals surface area contributed by atoms with Crippen LogP contribution in [-0.2, 0) is 6.37 Å². The van der Waals surface area contributed by atoms with Gasteiger partial charge in [0.05, 0.1) is 5.69 Å². The Kier molecular flexibility index (Phi) is 3.67. The molecule has 5 rings (SSSR count). The van der Waals surface area contributed by atoms with Crippen LogP contribution < -0.4 is 0 Å². The molecule has 5 aromatic rings. The van der Waals surface area contributed by atoms with Crippen molar-refractivity contribution in [3.8, 4) is 22.4 Å². The topological polar surface area (TPSA) is 12.9 Å². The summed E-state index contributed by atoms with van der Waals surface area (Å²) in [6, 6.07) is 23.1. The number of aryl methyl sites for hydroxylation is 1. The third kappa shape index (κ3) is 3.88. The Hall–Kier alpha value is -2.97. The van der Waals surface area contributed by atoms with Gasteiger partial charge in [0.2, 0.25) is 0 Å². The number of fused-ring (bicyclic) bond motifs is 3. The number of rotatable bonds is 3. The predicted octanol–water partition coefficient (Wildman–Crippen LogP) is 8.68. The van der Waals surface area contributed by atoms with E-state index in [-0.39, 0.29) is 0 Å². The number of nitrogens with zero attached hydrogens (tertiary/aromatic N) is 1. The van der Waals surface area contributed by atoms with Crippen LogP contribution in [0.4, 0.5) is 0 Å². The molecule has 0 atom stereocenters. The first-order valence-corrected chi connectivity index (χ1v) is 11.2. The van der Waals surface area contributed by atoms with Crippen molar-refractivity contribution >= 4 is 31.5 Å². The Morgan fingerprint density at radius 1 is 0.903 bits per heavy atom. The van der Waals surface area contributed by atoms with Crippen molar-refractivity contribution in [2.45, 2.75) is 34.0 Å². The van der Waals surface area contributed by atoms with Gasteiger partial charge in [-0.25, -0.2) is 0 Å². The van der Waals surface area contributed by atoms with Gasteiger partial charge in [0.15, 0.2) is 0 Å². The van der Waals surface area contributed by atoms with Crippen LogP contribution in [-0.4, -0.2) is 4.98 Å². The molecule has 0 bridgehead atoms. The summed E-state index contributed by atoms with van der Waals surface area (Å²) in [4.78, 5) is 4.52. The standard InChI is InChI=1S/C29H27NS/c1-19-23(21-8-6-5-7-9-21)12-13-26-28(19)24-11-10-22(17-27(24)31-26)25-16-20(14-15-30-25)18-29(2,3)4/h5-17H,18H2,1-4H3/i1D3,18D2. The average molecular weight is 427 g/mol. The van der Waals surface area contributed by atoms with Gasteiger partial charge in [0.1, 0.15) is 0 Å². The zero-order chi connectivity index (χ0) is 25.9. The van der Waals surface area contributed by atoms with Gasteiger partial charge in [-0.2, -0.15) is 0 Å². The molecule has 31 heavy (non-hydrogen) atoms. The number of thiophene rings is 1. The first kappa shape index (κ1) is 14.9. The summed E-state index contributed by atoms with van der Waals surface area (Å²) in [6.45, 7) is 3.40. The van der Waals surface area contributed by atoms with Gasteiger partial charge in [0, 0.05) is 38.8 Å². The fourth-order valence-electron chi connectivity index (χ4n) is 3.98. The van der Waals surface area contributed by atoms with Crippen molar-refractivity contribution in [2.24, 2.45) is 5.41 Å². The maximum Gasteiger partial charge on any atom is 0.0705 e. The summed E-state index contributed by atoms with van der Waals surface area (Å²) in [5.74, 6) is 0. The second kappa shape index (κ2) is 7.62. The number of hydrogen-bond acceptors (Lipinski definition) is 2. The van der Waals surface area contributed by atoms with Crippen molar-refractivity contribution < 1.29 is 6.85 Å². The fourth-order valence-corrected chi connectivity index (χ4v) is 5.14. The summed E-state index contributed by atoms with van der Waals surface area (Å²) < 4.78 is 44.3. The third-order valence-electron chi connectivity index (χ3n) is 5.30. The van der Waals surface area contributed by atoms with Crippen molar-refractivity contribution in [1.29, 1.82) is 0 Å². The average Bonchev–Trinajstić information content (AvgIpc) is 3.20. The van der Waals surface area contributed by atoms with Gasteiger partial charge in [0.25, 0.3) is 0 Å². The zero-order valence-corrected chi connectivity index (χ0v) is 18.7. The summed E-state index contributed by atoms with van der Waals surface area (Å²) >= 11 is 1.57. The Labute approximate surface area is 195 Å². The number of aromatic nitrogens is 1. The third-order valence-corrected chi connectivity index (χ3v) is 6.42. The number of pyridine rings is 1. The van der Waals surface area contributed by atoms with E-state index in [0.717, 1.165) is 36.9 Å². The van der Waals surface area contributed by atoms with E-state index in [1.807, 2.05) is 87.5 Å². The van der Waals surface area contributed by atoms with E-state index < -0.39 is 18.6 Å². The highest BCUT2D eigenvalue weighted by atomic mass is 32.1. The quantitative estimate of drug-likeness (QED) is 0.281. The normalized spacial score (nSPS) is 15.3. The van der Waals surface area contributed by atoms with E-state index in [1.165, 1.54) is 0 Å². The second-order valence-corrected chi connectivity index (χ2v) is 9.93. The number of hydrogen-bond donors (Lipinski definition) is 0. The van der Waals surface area contributed by atoms with Crippen LogP contribution in [0.2, 0.25) is 0 Å². The van der Waals surface area contributed by atoms with Gasteiger partial charge in [-0.15, -0.1) is 11.3 Å². The number of benzene rings is 3. The van der Waals surface area contributed by atoms with Crippen molar-refractivity contribution in [2.75, 3.05) is 0 Å². The lowest BCUT2D eigenvalue weighted by Crippen LogP contribution is -2.09. The molecule has 0 amide bonds. The van der Waals surface area contributed by atoms with Crippen LogP contribution in [0, 0.1) is 12.3 Å². The molecular weight excluding hydrogens is 394 g/mol. The summed E-state index contributed by atoms with van der Waals surface area (Å²) in [5.41, 5.74) is 3.59. The Morgan fingerprint density at radius 2 is 1.74 bits per heavy atom. The van der Waals surface area contributed by atoms with Crippen molar-refractivity contribution in [3.63, 3.8) is 0 Å². The minimum absolute atomic E-state index is 0.378. The van der Waals surface area contributed by atoms with E-state index in [1.54, 1.807) is 23.6 Å². The maximum absolute atomic E-state index is 8.64. The molecule has 0 fully saturated rings. The van der Waals surface area contributed by atoms with Gasteiger partial charge in [-0.3, -0.25) is 4.98 Å². The minimum Gasteiger partial charge on any atom is -0.256 e. The van der Waals surface area contributed by atoms with Crippen molar-refractivity contribution in [1.82, 2.24) is 4.98 Å². The Balaban J connectivity index is 1.70. The second-order valence-electron chi connectivity index (χ2n) is 8.85. The lowest BCUT2D eigenvalue weighted by atomic mass is 9.88. The van der Waals surface area contributed by atoms with Gasteiger partial charge < -0.3 is 0 Å². The van der Waals surface area contributed by atoms with Crippen LogP contribution in [0.15, 0.2) is 79.0 Å². The van der Waals surface area contributed by atoms with E-state index in [9.17, 15) is 0 Å².